The van der Waals surface area contributed by atoms with Crippen molar-refractivity contribution < 1.29 is 13.9 Å². The molecule has 0 amide bonds. The number of nitrogens with one attached hydrogen (secondary N) is 1. The highest BCUT2D eigenvalue weighted by atomic mass is 79.9. The normalized spacial score (nSPS) is 10.6. The molecule has 0 spiro atoms. The molecule has 2 rings (SSSR count). The highest BCUT2D eigenvalue weighted by Gasteiger charge is 2.12. The van der Waals surface area contributed by atoms with Crippen molar-refractivity contribution in [3.05, 3.63) is 57.8 Å². The van der Waals surface area contributed by atoms with E-state index in [1.165, 1.54) is 12.1 Å². The predicted molar refractivity (Wildman–Crippen MR) is 93.4 cm³/mol. The minimum Gasteiger partial charge on any atom is -0.490 e. The summed E-state index contributed by atoms with van der Waals surface area (Å²) in [6.07, 6.45) is 0. The van der Waals surface area contributed by atoms with Gasteiger partial charge in [0.1, 0.15) is 12.4 Å². The van der Waals surface area contributed by atoms with E-state index in [-0.39, 0.29) is 5.82 Å². The van der Waals surface area contributed by atoms with Crippen LogP contribution >= 0.6 is 15.9 Å². The van der Waals surface area contributed by atoms with Crippen molar-refractivity contribution in [1.29, 1.82) is 0 Å². The van der Waals surface area contributed by atoms with Gasteiger partial charge in [0.15, 0.2) is 11.5 Å². The molecule has 0 radical (unpaired) electrons. The zero-order valence-electron chi connectivity index (χ0n) is 13.4. The maximum absolute atomic E-state index is 13.0. The van der Waals surface area contributed by atoms with Gasteiger partial charge in [0, 0.05) is 6.54 Å². The summed E-state index contributed by atoms with van der Waals surface area (Å²) in [7, 11) is 0. The molecule has 0 aliphatic carbocycles. The zero-order chi connectivity index (χ0) is 16.7. The molecule has 0 aliphatic rings. The Kier molecular flexibility index (Phi) is 6.86. The van der Waals surface area contributed by atoms with Crippen molar-refractivity contribution in [1.82, 2.24) is 5.32 Å². The monoisotopic (exact) mass is 381 g/mol. The van der Waals surface area contributed by atoms with Gasteiger partial charge < -0.3 is 14.8 Å². The minimum atomic E-state index is -0.252. The number of hydrogen-bond acceptors (Lipinski definition) is 3. The molecule has 5 heteroatoms. The van der Waals surface area contributed by atoms with E-state index in [4.69, 9.17) is 9.47 Å². The Morgan fingerprint density at radius 1 is 1.04 bits per heavy atom. The number of benzene rings is 2. The first-order chi connectivity index (χ1) is 11.1. The predicted octanol–water partition coefficient (Wildman–Crippen LogP) is 4.68. The van der Waals surface area contributed by atoms with E-state index in [1.807, 2.05) is 19.1 Å². The second-order valence-electron chi connectivity index (χ2n) is 5.03. The molecule has 3 nitrogen and oxygen atoms in total. The van der Waals surface area contributed by atoms with Crippen LogP contribution in [-0.4, -0.2) is 13.2 Å². The Balaban J connectivity index is 2.16. The van der Waals surface area contributed by atoms with Gasteiger partial charge >= 0.3 is 0 Å². The first kappa shape index (κ1) is 17.8. The first-order valence-corrected chi connectivity index (χ1v) is 8.46. The summed E-state index contributed by atoms with van der Waals surface area (Å²) >= 11 is 3.55. The van der Waals surface area contributed by atoms with Crippen molar-refractivity contribution in [2.45, 2.75) is 27.0 Å². The van der Waals surface area contributed by atoms with Gasteiger partial charge in [0.25, 0.3) is 0 Å². The number of rotatable bonds is 8. The fraction of sp³-hybridized carbons (Fsp3) is 0.333. The SMILES string of the molecule is CCNCc1cc(Br)c(OCc2ccc(F)cc2)c(OCC)c1. The molecule has 124 valence electrons. The smallest absolute Gasteiger partial charge is 0.175 e. The third-order valence-corrected chi connectivity index (χ3v) is 3.83. The molecule has 0 unspecified atom stereocenters. The van der Waals surface area contributed by atoms with Crippen molar-refractivity contribution >= 4 is 15.9 Å². The molecule has 0 saturated heterocycles. The van der Waals surface area contributed by atoms with Crippen LogP contribution in [0.25, 0.3) is 0 Å². The van der Waals surface area contributed by atoms with Crippen LogP contribution in [0.5, 0.6) is 11.5 Å². The quantitative estimate of drug-likeness (QED) is 0.720. The van der Waals surface area contributed by atoms with Crippen molar-refractivity contribution in [2.75, 3.05) is 13.2 Å². The molecule has 23 heavy (non-hydrogen) atoms. The van der Waals surface area contributed by atoms with Gasteiger partial charge in [-0.05, 0) is 64.8 Å². The zero-order valence-corrected chi connectivity index (χ0v) is 15.0. The Labute approximate surface area is 144 Å². The summed E-state index contributed by atoms with van der Waals surface area (Å²) in [6.45, 7) is 6.60. The molecule has 0 saturated carbocycles. The largest absolute Gasteiger partial charge is 0.490 e. The number of ether oxygens (including phenoxy) is 2. The van der Waals surface area contributed by atoms with Crippen LogP contribution in [0.1, 0.15) is 25.0 Å². The molecule has 0 aromatic heterocycles. The summed E-state index contributed by atoms with van der Waals surface area (Å²) in [5, 5.41) is 3.29. The van der Waals surface area contributed by atoms with E-state index in [1.54, 1.807) is 12.1 Å². The first-order valence-electron chi connectivity index (χ1n) is 7.67. The Morgan fingerprint density at radius 2 is 1.78 bits per heavy atom. The van der Waals surface area contributed by atoms with E-state index in [9.17, 15) is 4.39 Å². The van der Waals surface area contributed by atoms with Gasteiger partial charge in [-0.25, -0.2) is 4.39 Å². The third kappa shape index (κ3) is 5.22. The molecular formula is C18H21BrFNO2. The lowest BCUT2D eigenvalue weighted by Crippen LogP contribution is -2.12. The average molecular weight is 382 g/mol. The number of hydrogen-bond donors (Lipinski definition) is 1. The minimum absolute atomic E-state index is 0.252. The highest BCUT2D eigenvalue weighted by molar-refractivity contribution is 9.10. The van der Waals surface area contributed by atoms with E-state index in [2.05, 4.69) is 28.2 Å². The lowest BCUT2D eigenvalue weighted by atomic mass is 10.2. The maximum atomic E-state index is 13.0. The summed E-state index contributed by atoms with van der Waals surface area (Å²) in [6, 6.07) is 10.3. The van der Waals surface area contributed by atoms with Crippen LogP contribution in [-0.2, 0) is 13.2 Å². The van der Waals surface area contributed by atoms with Crippen LogP contribution in [0.3, 0.4) is 0 Å². The molecule has 2 aromatic carbocycles. The van der Waals surface area contributed by atoms with Crippen molar-refractivity contribution in [2.24, 2.45) is 0 Å². The summed E-state index contributed by atoms with van der Waals surface area (Å²) in [4.78, 5) is 0. The molecular weight excluding hydrogens is 361 g/mol. The molecule has 0 heterocycles. The Morgan fingerprint density at radius 3 is 2.43 bits per heavy atom. The van der Waals surface area contributed by atoms with E-state index in [0.717, 1.165) is 28.7 Å². The Hall–Kier alpha value is -1.59. The van der Waals surface area contributed by atoms with Gasteiger partial charge in [-0.3, -0.25) is 0 Å². The summed E-state index contributed by atoms with van der Waals surface area (Å²) < 4.78 is 25.4. The summed E-state index contributed by atoms with van der Waals surface area (Å²) in [5.41, 5.74) is 2.02. The molecule has 0 bridgehead atoms. The fourth-order valence-electron chi connectivity index (χ4n) is 2.13. The lowest BCUT2D eigenvalue weighted by Gasteiger charge is -2.16. The van der Waals surface area contributed by atoms with Gasteiger partial charge in [-0.15, -0.1) is 0 Å². The second kappa shape index (κ2) is 8.89. The lowest BCUT2D eigenvalue weighted by molar-refractivity contribution is 0.267. The van der Waals surface area contributed by atoms with Gasteiger partial charge in [0.05, 0.1) is 11.1 Å². The van der Waals surface area contributed by atoms with E-state index < -0.39 is 0 Å². The van der Waals surface area contributed by atoms with Crippen LogP contribution in [0.4, 0.5) is 4.39 Å². The molecule has 2 aromatic rings. The van der Waals surface area contributed by atoms with Crippen LogP contribution < -0.4 is 14.8 Å². The topological polar surface area (TPSA) is 30.5 Å². The Bertz CT molecular complexity index is 632. The third-order valence-electron chi connectivity index (χ3n) is 3.24. The number of halogens is 2. The van der Waals surface area contributed by atoms with E-state index >= 15 is 0 Å². The average Bonchev–Trinajstić information content (AvgIpc) is 2.54. The molecule has 0 atom stereocenters. The van der Waals surface area contributed by atoms with Crippen LogP contribution in [0, 0.1) is 5.82 Å². The highest BCUT2D eigenvalue weighted by Crippen LogP contribution is 2.37. The summed E-state index contributed by atoms with van der Waals surface area (Å²) in [5.74, 6) is 1.12. The molecule has 1 N–H and O–H groups in total. The maximum Gasteiger partial charge on any atom is 0.175 e. The van der Waals surface area contributed by atoms with Gasteiger partial charge in [-0.2, -0.15) is 0 Å². The van der Waals surface area contributed by atoms with Crippen molar-refractivity contribution in [3.63, 3.8) is 0 Å². The fourth-order valence-corrected chi connectivity index (χ4v) is 2.74. The van der Waals surface area contributed by atoms with Crippen LogP contribution in [0.15, 0.2) is 40.9 Å². The van der Waals surface area contributed by atoms with E-state index in [0.29, 0.717) is 24.7 Å². The standard InChI is InChI=1S/C18H21BrFNO2/c1-3-21-11-14-9-16(19)18(17(10-14)22-4-2)23-12-13-5-7-15(20)8-6-13/h5-10,21H,3-4,11-12H2,1-2H3. The van der Waals surface area contributed by atoms with Crippen LogP contribution in [0.2, 0.25) is 0 Å². The molecule has 0 fully saturated rings. The molecule has 0 aliphatic heterocycles. The van der Waals surface area contributed by atoms with Crippen molar-refractivity contribution in [3.8, 4) is 11.5 Å². The second-order valence-corrected chi connectivity index (χ2v) is 5.89. The van der Waals surface area contributed by atoms with Gasteiger partial charge in [0.2, 0.25) is 0 Å². The van der Waals surface area contributed by atoms with Gasteiger partial charge in [-0.1, -0.05) is 19.1 Å².